The third-order valence-corrected chi connectivity index (χ3v) is 10.1. The van der Waals surface area contributed by atoms with E-state index in [-0.39, 0.29) is 0 Å². The minimum atomic E-state index is -0.524. The third-order valence-electron chi connectivity index (χ3n) is 8.00. The van der Waals surface area contributed by atoms with Gasteiger partial charge in [-0.2, -0.15) is 0 Å². The lowest BCUT2D eigenvalue weighted by molar-refractivity contribution is 0.0596. The number of allylic oxidation sites excluding steroid dienone is 1. The van der Waals surface area contributed by atoms with E-state index in [9.17, 15) is 5.11 Å². The molecule has 1 aromatic carbocycles. The van der Waals surface area contributed by atoms with Crippen LogP contribution in [0.4, 0.5) is 0 Å². The molecule has 31 heavy (non-hydrogen) atoms. The molecule has 4 heteroatoms. The molecule has 2 saturated carbocycles. The lowest BCUT2D eigenvalue weighted by Crippen LogP contribution is -2.36. The largest absolute Gasteiger partial charge is 0.390 e. The van der Waals surface area contributed by atoms with E-state index in [1.807, 2.05) is 36.9 Å². The van der Waals surface area contributed by atoms with Gasteiger partial charge in [0.1, 0.15) is 0 Å². The Morgan fingerprint density at radius 1 is 1.32 bits per heavy atom. The first kappa shape index (κ1) is 23.3. The van der Waals surface area contributed by atoms with Crippen LogP contribution in [0.5, 0.6) is 0 Å². The van der Waals surface area contributed by atoms with Crippen molar-refractivity contribution in [1.29, 1.82) is 0 Å². The summed E-state index contributed by atoms with van der Waals surface area (Å²) in [6, 6.07) is 8.46. The standard InChI is InChI=1S/C27H39NOS2/c1-19(9-7-16-26(2,3)29)21-13-14-22-20(10-8-17-27(21,22)4)15-18-30-25-28-23-11-5-6-12-24(23)31-25/h5-6,11-12,15,19,21-22,29H,7-10,13-14,16-18H2,1-4H3/b20-15+. The van der Waals surface area contributed by atoms with E-state index >= 15 is 0 Å². The summed E-state index contributed by atoms with van der Waals surface area (Å²) >= 11 is 3.72. The molecular weight excluding hydrogens is 418 g/mol. The van der Waals surface area contributed by atoms with Gasteiger partial charge < -0.3 is 5.11 Å². The van der Waals surface area contributed by atoms with Gasteiger partial charge in [-0.05, 0) is 87.7 Å². The number of rotatable bonds is 8. The first-order valence-corrected chi connectivity index (χ1v) is 14.0. The maximum atomic E-state index is 10.1. The molecule has 4 atom stereocenters. The lowest BCUT2D eigenvalue weighted by Gasteiger charge is -2.44. The summed E-state index contributed by atoms with van der Waals surface area (Å²) in [6.45, 7) is 8.95. The molecule has 170 valence electrons. The maximum Gasteiger partial charge on any atom is 0.151 e. The van der Waals surface area contributed by atoms with E-state index in [2.05, 4.69) is 44.2 Å². The maximum absolute atomic E-state index is 10.1. The Balaban J connectivity index is 1.37. The van der Waals surface area contributed by atoms with Crippen LogP contribution in [0.15, 0.2) is 40.3 Å². The van der Waals surface area contributed by atoms with Crippen molar-refractivity contribution < 1.29 is 5.11 Å². The number of aliphatic hydroxyl groups is 1. The zero-order chi connectivity index (χ0) is 22.1. The third kappa shape index (κ3) is 5.39. The van der Waals surface area contributed by atoms with Gasteiger partial charge in [-0.3, -0.25) is 0 Å². The molecule has 0 saturated heterocycles. The zero-order valence-electron chi connectivity index (χ0n) is 19.7. The predicted molar refractivity (Wildman–Crippen MR) is 136 cm³/mol. The van der Waals surface area contributed by atoms with Crippen LogP contribution >= 0.6 is 23.1 Å². The minimum absolute atomic E-state index is 0.471. The molecule has 1 N–H and O–H groups in total. The summed E-state index contributed by atoms with van der Waals surface area (Å²) in [5, 5.41) is 10.1. The number of nitrogens with zero attached hydrogens (tertiary/aromatic N) is 1. The van der Waals surface area contributed by atoms with Crippen molar-refractivity contribution in [3.05, 3.63) is 35.9 Å². The molecule has 0 spiro atoms. The molecular formula is C27H39NOS2. The second-order valence-corrected chi connectivity index (χ2v) is 13.1. The number of hydrogen-bond acceptors (Lipinski definition) is 4. The van der Waals surface area contributed by atoms with Crippen LogP contribution in [0, 0.1) is 23.2 Å². The van der Waals surface area contributed by atoms with Gasteiger partial charge in [-0.1, -0.05) is 62.2 Å². The van der Waals surface area contributed by atoms with Gasteiger partial charge in [0.25, 0.3) is 0 Å². The SMILES string of the molecule is CC(CCCC(C)(C)O)C1CCC2/C(=C/CSc3nc4ccccc4s3)CCCC21C. The molecule has 4 unspecified atom stereocenters. The van der Waals surface area contributed by atoms with Crippen molar-refractivity contribution in [3.63, 3.8) is 0 Å². The van der Waals surface area contributed by atoms with Crippen LogP contribution < -0.4 is 0 Å². The van der Waals surface area contributed by atoms with Gasteiger partial charge in [0.2, 0.25) is 0 Å². The fourth-order valence-electron chi connectivity index (χ4n) is 6.45. The summed E-state index contributed by atoms with van der Waals surface area (Å²) < 4.78 is 2.49. The van der Waals surface area contributed by atoms with Crippen molar-refractivity contribution in [2.75, 3.05) is 5.75 Å². The molecule has 0 aliphatic heterocycles. The van der Waals surface area contributed by atoms with Crippen molar-refractivity contribution in [1.82, 2.24) is 4.98 Å². The van der Waals surface area contributed by atoms with Crippen molar-refractivity contribution in [2.24, 2.45) is 23.2 Å². The first-order chi connectivity index (χ1) is 14.8. The Morgan fingerprint density at radius 2 is 2.13 bits per heavy atom. The van der Waals surface area contributed by atoms with E-state index in [1.54, 1.807) is 5.57 Å². The quantitative estimate of drug-likeness (QED) is 0.321. The van der Waals surface area contributed by atoms with Crippen molar-refractivity contribution in [2.45, 2.75) is 89.0 Å². The Bertz CT molecular complexity index is 878. The second-order valence-electron chi connectivity index (χ2n) is 10.8. The Morgan fingerprint density at radius 3 is 2.90 bits per heavy atom. The van der Waals surface area contributed by atoms with Crippen LogP contribution in [-0.2, 0) is 0 Å². The molecule has 2 nitrogen and oxygen atoms in total. The molecule has 1 aromatic heterocycles. The average molecular weight is 458 g/mol. The van der Waals surface area contributed by atoms with Crippen LogP contribution in [0.2, 0.25) is 0 Å². The van der Waals surface area contributed by atoms with Gasteiger partial charge in [-0.15, -0.1) is 11.3 Å². The normalized spacial score (nSPS) is 28.9. The van der Waals surface area contributed by atoms with Crippen LogP contribution in [0.1, 0.15) is 79.1 Å². The highest BCUT2D eigenvalue weighted by Crippen LogP contribution is 2.60. The van der Waals surface area contributed by atoms with Gasteiger partial charge in [0.15, 0.2) is 4.34 Å². The van der Waals surface area contributed by atoms with E-state index < -0.39 is 5.60 Å². The highest BCUT2D eigenvalue weighted by molar-refractivity contribution is 8.01. The van der Waals surface area contributed by atoms with E-state index in [1.165, 1.54) is 47.6 Å². The molecule has 0 amide bonds. The highest BCUT2D eigenvalue weighted by Gasteiger charge is 2.50. The molecule has 2 aliphatic carbocycles. The number of benzene rings is 1. The number of hydrogen-bond donors (Lipinski definition) is 1. The Kier molecular flexibility index (Phi) is 7.20. The van der Waals surface area contributed by atoms with Gasteiger partial charge >= 0.3 is 0 Å². The van der Waals surface area contributed by atoms with Crippen LogP contribution in [0.3, 0.4) is 0 Å². The monoisotopic (exact) mass is 457 g/mol. The van der Waals surface area contributed by atoms with E-state index in [0.717, 1.165) is 41.9 Å². The Labute approximate surface area is 196 Å². The predicted octanol–water partition coefficient (Wildman–Crippen LogP) is 8.11. The topological polar surface area (TPSA) is 33.1 Å². The van der Waals surface area contributed by atoms with Crippen molar-refractivity contribution in [3.8, 4) is 0 Å². The van der Waals surface area contributed by atoms with Gasteiger partial charge in [0.05, 0.1) is 15.8 Å². The number of fused-ring (bicyclic) bond motifs is 2. The number of para-hydroxylation sites is 1. The average Bonchev–Trinajstić information content (AvgIpc) is 3.27. The van der Waals surface area contributed by atoms with E-state index in [4.69, 9.17) is 4.98 Å². The van der Waals surface area contributed by atoms with Crippen LogP contribution in [0.25, 0.3) is 10.2 Å². The molecule has 0 bridgehead atoms. The molecule has 0 radical (unpaired) electrons. The van der Waals surface area contributed by atoms with E-state index in [0.29, 0.717) is 5.41 Å². The molecule has 1 heterocycles. The second kappa shape index (κ2) is 9.57. The lowest BCUT2D eigenvalue weighted by atomic mass is 9.61. The molecule has 2 fully saturated rings. The molecule has 2 aromatic rings. The van der Waals surface area contributed by atoms with Crippen molar-refractivity contribution >= 4 is 33.3 Å². The summed E-state index contributed by atoms with van der Waals surface area (Å²) in [5.74, 6) is 3.42. The van der Waals surface area contributed by atoms with Crippen LogP contribution in [-0.4, -0.2) is 21.4 Å². The number of aromatic nitrogens is 1. The highest BCUT2D eigenvalue weighted by atomic mass is 32.2. The molecule has 4 rings (SSSR count). The summed E-state index contributed by atoms with van der Waals surface area (Å²) in [4.78, 5) is 4.79. The fraction of sp³-hybridized carbons (Fsp3) is 0.667. The van der Waals surface area contributed by atoms with Gasteiger partial charge in [0, 0.05) is 5.75 Å². The fourth-order valence-corrected chi connectivity index (χ4v) is 8.46. The zero-order valence-corrected chi connectivity index (χ0v) is 21.3. The van der Waals surface area contributed by atoms with Gasteiger partial charge in [-0.25, -0.2) is 4.98 Å². The summed E-state index contributed by atoms with van der Waals surface area (Å²) in [6.07, 6.45) is 12.6. The summed E-state index contributed by atoms with van der Waals surface area (Å²) in [7, 11) is 0. The Hall–Kier alpha value is -0.840. The molecule has 2 aliphatic rings. The first-order valence-electron chi connectivity index (χ1n) is 12.2. The summed E-state index contributed by atoms with van der Waals surface area (Å²) in [5.41, 5.74) is 2.81. The number of thiazole rings is 1. The minimum Gasteiger partial charge on any atom is -0.390 e. The number of thioether (sulfide) groups is 1. The smallest absolute Gasteiger partial charge is 0.151 e.